The lowest BCUT2D eigenvalue weighted by Crippen LogP contribution is -2.29. The molecular formula is C76H54N2. The molecule has 14 rings (SSSR count). The Hall–Kier alpha value is -10.0. The molecule has 0 spiro atoms. The van der Waals surface area contributed by atoms with E-state index >= 15 is 0 Å². The number of rotatable bonds is 12. The fourth-order valence-corrected chi connectivity index (χ4v) is 12.9. The van der Waals surface area contributed by atoms with E-state index in [1.165, 1.54) is 66.8 Å². The molecule has 0 N–H and O–H groups in total. The molecule has 0 bridgehead atoms. The number of hydrogen-bond donors (Lipinski definition) is 0. The summed E-state index contributed by atoms with van der Waals surface area (Å²) in [7, 11) is 0. The summed E-state index contributed by atoms with van der Waals surface area (Å²) in [5, 5.41) is 0. The van der Waals surface area contributed by atoms with Crippen molar-refractivity contribution in [3.63, 3.8) is 0 Å². The lowest BCUT2D eigenvalue weighted by atomic mass is 9.67. The minimum atomic E-state index is -0.605. The Morgan fingerprint density at radius 2 is 0.436 bits per heavy atom. The molecule has 12 aromatic carbocycles. The molecule has 0 heterocycles. The van der Waals surface area contributed by atoms with Crippen LogP contribution in [-0.4, -0.2) is 0 Å². The molecule has 2 nitrogen and oxygen atoms in total. The van der Waals surface area contributed by atoms with Crippen LogP contribution in [-0.2, 0) is 10.8 Å². The molecule has 78 heavy (non-hydrogen) atoms. The summed E-state index contributed by atoms with van der Waals surface area (Å²) in [6.45, 7) is 0. The lowest BCUT2D eigenvalue weighted by molar-refractivity contribution is 0.768. The molecule has 0 saturated carbocycles. The highest BCUT2D eigenvalue weighted by molar-refractivity contribution is 5.93. The van der Waals surface area contributed by atoms with Crippen molar-refractivity contribution in [2.45, 2.75) is 10.8 Å². The molecule has 0 aromatic heterocycles. The number of fused-ring (bicyclic) bond motifs is 6. The standard InChI is InChI=1S/C76H54N2/c1-9-25-57(26-10-1)75(58-27-11-2-12-28-58)71-51-55(43-47-67(71)69-49-45-65(53-73(69)75)77(61-33-17-5-18-34-61)62-35-19-6-20-36-62)41-42-56-44-48-68-70-50-46-66(78(63-37-21-7-22-38-63)64-39-23-8-24-40-64)54-74(70)76(72(68)52-56,59-29-13-3-14-30-59)60-31-15-4-16-32-60/h1-54H. The van der Waals surface area contributed by atoms with Crippen molar-refractivity contribution in [2.24, 2.45) is 0 Å². The van der Waals surface area contributed by atoms with Crippen LogP contribution in [0.3, 0.4) is 0 Å². The monoisotopic (exact) mass is 994 g/mol. The minimum Gasteiger partial charge on any atom is -0.310 e. The van der Waals surface area contributed by atoms with Crippen molar-refractivity contribution in [1.29, 1.82) is 0 Å². The maximum atomic E-state index is 2.45. The molecular weight excluding hydrogens is 941 g/mol. The Morgan fingerprint density at radius 1 is 0.205 bits per heavy atom. The summed E-state index contributed by atoms with van der Waals surface area (Å²) < 4.78 is 0. The van der Waals surface area contributed by atoms with Crippen LogP contribution in [0.1, 0.15) is 55.6 Å². The van der Waals surface area contributed by atoms with Crippen molar-refractivity contribution < 1.29 is 0 Å². The molecule has 368 valence electrons. The van der Waals surface area contributed by atoms with Gasteiger partial charge in [-0.1, -0.05) is 243 Å². The molecule has 12 aromatic rings. The Morgan fingerprint density at radius 3 is 0.705 bits per heavy atom. The first kappa shape index (κ1) is 46.5. The normalized spacial score (nSPS) is 13.3. The molecule has 0 amide bonds. The second-order valence-corrected chi connectivity index (χ2v) is 20.4. The van der Waals surface area contributed by atoms with E-state index in [2.05, 4.69) is 337 Å². The van der Waals surface area contributed by atoms with Crippen molar-refractivity contribution in [1.82, 2.24) is 0 Å². The second-order valence-electron chi connectivity index (χ2n) is 20.4. The third-order valence-corrected chi connectivity index (χ3v) is 16.2. The number of para-hydroxylation sites is 4. The third kappa shape index (κ3) is 7.64. The summed E-state index contributed by atoms with van der Waals surface area (Å²) in [6.07, 6.45) is 4.63. The fraction of sp³-hybridized carbons (Fsp3) is 0.0263. The Balaban J connectivity index is 0.921. The molecule has 0 radical (unpaired) electrons. The van der Waals surface area contributed by atoms with E-state index in [-0.39, 0.29) is 0 Å². The average molecular weight is 995 g/mol. The molecule has 2 aliphatic rings. The molecule has 0 fully saturated rings. The van der Waals surface area contributed by atoms with Gasteiger partial charge in [-0.05, 0) is 163 Å². The predicted octanol–water partition coefficient (Wildman–Crippen LogP) is 19.5. The van der Waals surface area contributed by atoms with Crippen LogP contribution >= 0.6 is 0 Å². The number of benzene rings is 12. The van der Waals surface area contributed by atoms with Crippen molar-refractivity contribution in [2.75, 3.05) is 9.80 Å². The Kier molecular flexibility index (Phi) is 11.7. The van der Waals surface area contributed by atoms with E-state index in [1.807, 2.05) is 0 Å². The molecule has 0 aliphatic heterocycles. The van der Waals surface area contributed by atoms with Gasteiger partial charge in [-0.25, -0.2) is 0 Å². The van der Waals surface area contributed by atoms with Gasteiger partial charge in [0, 0.05) is 34.1 Å². The van der Waals surface area contributed by atoms with Gasteiger partial charge in [-0.3, -0.25) is 0 Å². The second kappa shape index (κ2) is 19.6. The van der Waals surface area contributed by atoms with Crippen molar-refractivity contribution >= 4 is 46.3 Å². The SMILES string of the molecule is C(=Cc1ccc2c(c1)C(c1ccccc1)(c1ccccc1)c1cc(N(c3ccccc3)c3ccccc3)ccc1-2)c1ccc2c(c1)C(c1ccccc1)(c1ccccc1)c1cc(N(c3ccccc3)c3ccccc3)ccc1-2. The van der Waals surface area contributed by atoms with E-state index in [9.17, 15) is 0 Å². The van der Waals surface area contributed by atoms with Gasteiger partial charge in [0.05, 0.1) is 10.8 Å². The van der Waals surface area contributed by atoms with Gasteiger partial charge in [0.15, 0.2) is 0 Å². The van der Waals surface area contributed by atoms with Gasteiger partial charge in [0.1, 0.15) is 0 Å². The molecule has 2 aliphatic carbocycles. The van der Waals surface area contributed by atoms with E-state index in [1.54, 1.807) is 0 Å². The molecule has 2 heteroatoms. The van der Waals surface area contributed by atoms with Gasteiger partial charge in [0.2, 0.25) is 0 Å². The summed E-state index contributed by atoms with van der Waals surface area (Å²) in [5.74, 6) is 0. The zero-order valence-electron chi connectivity index (χ0n) is 43.1. The van der Waals surface area contributed by atoms with E-state index in [0.29, 0.717) is 0 Å². The Bertz CT molecular complexity index is 3680. The van der Waals surface area contributed by atoms with E-state index in [0.717, 1.165) is 45.3 Å². The first-order chi connectivity index (χ1) is 38.7. The van der Waals surface area contributed by atoms with Gasteiger partial charge in [-0.2, -0.15) is 0 Å². The summed E-state index contributed by atoms with van der Waals surface area (Å²) in [5.41, 5.74) is 22.7. The van der Waals surface area contributed by atoms with E-state index < -0.39 is 10.8 Å². The molecule has 0 saturated heterocycles. The maximum absolute atomic E-state index is 2.45. The lowest BCUT2D eigenvalue weighted by Gasteiger charge is -2.35. The van der Waals surface area contributed by atoms with Crippen LogP contribution < -0.4 is 9.80 Å². The fourth-order valence-electron chi connectivity index (χ4n) is 12.9. The third-order valence-electron chi connectivity index (χ3n) is 16.2. The quantitative estimate of drug-likeness (QED) is 0.113. The van der Waals surface area contributed by atoms with Gasteiger partial charge < -0.3 is 9.80 Å². The van der Waals surface area contributed by atoms with Gasteiger partial charge in [-0.15, -0.1) is 0 Å². The molecule has 0 unspecified atom stereocenters. The van der Waals surface area contributed by atoms with Crippen LogP contribution in [0.2, 0.25) is 0 Å². The van der Waals surface area contributed by atoms with Crippen LogP contribution in [0.15, 0.2) is 315 Å². The van der Waals surface area contributed by atoms with Crippen LogP contribution in [0, 0.1) is 0 Å². The highest BCUT2D eigenvalue weighted by Crippen LogP contribution is 2.59. The van der Waals surface area contributed by atoms with Gasteiger partial charge >= 0.3 is 0 Å². The predicted molar refractivity (Wildman–Crippen MR) is 326 cm³/mol. The largest absolute Gasteiger partial charge is 0.310 e. The number of anilines is 6. The average Bonchev–Trinajstić information content (AvgIpc) is 3.57. The minimum absolute atomic E-state index is 0.605. The van der Waals surface area contributed by atoms with Crippen LogP contribution in [0.5, 0.6) is 0 Å². The summed E-state index contributed by atoms with van der Waals surface area (Å²) in [6, 6.07) is 116. The van der Waals surface area contributed by atoms with E-state index in [4.69, 9.17) is 0 Å². The maximum Gasteiger partial charge on any atom is 0.0714 e. The highest BCUT2D eigenvalue weighted by Gasteiger charge is 2.48. The first-order valence-corrected chi connectivity index (χ1v) is 27.0. The number of hydrogen-bond acceptors (Lipinski definition) is 2. The summed E-state index contributed by atoms with van der Waals surface area (Å²) >= 11 is 0. The van der Waals surface area contributed by atoms with Crippen LogP contribution in [0.25, 0.3) is 34.4 Å². The number of nitrogens with zero attached hydrogens (tertiary/aromatic N) is 2. The van der Waals surface area contributed by atoms with Crippen molar-refractivity contribution in [3.05, 3.63) is 371 Å². The Labute approximate surface area is 457 Å². The summed E-state index contributed by atoms with van der Waals surface area (Å²) in [4.78, 5) is 4.75. The zero-order valence-corrected chi connectivity index (χ0v) is 43.1. The van der Waals surface area contributed by atoms with Crippen molar-refractivity contribution in [3.8, 4) is 22.3 Å². The topological polar surface area (TPSA) is 6.48 Å². The highest BCUT2D eigenvalue weighted by atomic mass is 15.1. The van der Waals surface area contributed by atoms with Crippen LogP contribution in [0.4, 0.5) is 34.1 Å². The van der Waals surface area contributed by atoms with Gasteiger partial charge in [0.25, 0.3) is 0 Å². The molecule has 0 atom stereocenters. The smallest absolute Gasteiger partial charge is 0.0714 e. The zero-order chi connectivity index (χ0) is 51.9. The first-order valence-electron chi connectivity index (χ1n) is 27.0.